The number of terminal acetylenes is 1. The molecule has 36 heavy (non-hydrogen) atoms. The maximum absolute atomic E-state index is 7.28. The van der Waals surface area contributed by atoms with Gasteiger partial charge in [0.05, 0.1) is 18.8 Å². The average Bonchev–Trinajstić information content (AvgIpc) is 2.86. The summed E-state index contributed by atoms with van der Waals surface area (Å²) >= 11 is 0. The van der Waals surface area contributed by atoms with Gasteiger partial charge < -0.3 is 13.3 Å². The van der Waals surface area contributed by atoms with Gasteiger partial charge in [0.2, 0.25) is 0 Å². The van der Waals surface area contributed by atoms with Crippen LogP contribution in [-0.4, -0.2) is 43.8 Å². The highest BCUT2D eigenvalue weighted by Gasteiger charge is 2.47. The fourth-order valence-corrected chi connectivity index (χ4v) is 18.0. The number of hydrogen-bond donors (Lipinski definition) is 0. The lowest BCUT2D eigenvalue weighted by atomic mass is 9.90. The Labute approximate surface area is 230 Å². The maximum atomic E-state index is 7.28. The Morgan fingerprint density at radius 3 is 1.28 bits per heavy atom. The summed E-state index contributed by atoms with van der Waals surface area (Å²) in [6, 6.07) is 6.80. The van der Waals surface area contributed by atoms with Crippen LogP contribution < -0.4 is 0 Å². The van der Waals surface area contributed by atoms with Crippen LogP contribution in [0.25, 0.3) is 0 Å². The van der Waals surface area contributed by atoms with E-state index < -0.39 is 25.0 Å². The first kappa shape index (κ1) is 36.1. The lowest BCUT2D eigenvalue weighted by Gasteiger charge is -2.46. The van der Waals surface area contributed by atoms with E-state index in [9.17, 15) is 0 Å². The fraction of sp³-hybridized carbons (Fsp3) is 0.933. The van der Waals surface area contributed by atoms with Crippen molar-refractivity contribution < 1.29 is 13.3 Å². The van der Waals surface area contributed by atoms with Gasteiger partial charge in [0.1, 0.15) is 0 Å². The highest BCUT2D eigenvalue weighted by molar-refractivity contribution is 6.77. The van der Waals surface area contributed by atoms with E-state index in [1.54, 1.807) is 0 Å². The third kappa shape index (κ3) is 8.55. The van der Waals surface area contributed by atoms with Crippen LogP contribution in [0.15, 0.2) is 0 Å². The summed E-state index contributed by atoms with van der Waals surface area (Å²) in [7, 11) is -5.71. The van der Waals surface area contributed by atoms with Gasteiger partial charge >= 0.3 is 0 Å². The molecule has 3 nitrogen and oxygen atoms in total. The van der Waals surface area contributed by atoms with Gasteiger partial charge in [0.15, 0.2) is 25.0 Å². The second-order valence-electron chi connectivity index (χ2n) is 12.2. The molecule has 0 aromatic rings. The molecule has 0 spiro atoms. The molecule has 0 amide bonds. The first-order chi connectivity index (χ1) is 16.7. The van der Waals surface area contributed by atoms with Crippen LogP contribution in [0.2, 0.25) is 52.9 Å². The zero-order chi connectivity index (χ0) is 28.3. The van der Waals surface area contributed by atoms with E-state index in [0.717, 1.165) is 36.3 Å². The van der Waals surface area contributed by atoms with E-state index in [1.807, 2.05) is 0 Å². The van der Waals surface area contributed by atoms with E-state index in [4.69, 9.17) is 19.7 Å². The Hall–Kier alpha value is 0.0906. The van der Waals surface area contributed by atoms with Crippen molar-refractivity contribution in [3.05, 3.63) is 0 Å². The Kier molecular flexibility index (Phi) is 16.3. The van der Waals surface area contributed by atoms with Crippen molar-refractivity contribution in [2.45, 2.75) is 162 Å². The van der Waals surface area contributed by atoms with Crippen molar-refractivity contribution in [1.29, 1.82) is 0 Å². The molecule has 0 radical (unpaired) electrons. The summed E-state index contributed by atoms with van der Waals surface area (Å²) in [6.07, 6.45) is 6.06. The van der Waals surface area contributed by atoms with Crippen LogP contribution >= 0.6 is 0 Å². The van der Waals surface area contributed by atoms with Crippen molar-refractivity contribution in [3.63, 3.8) is 0 Å². The smallest absolute Gasteiger partial charge is 0.200 e. The van der Waals surface area contributed by atoms with Crippen molar-refractivity contribution in [2.75, 3.05) is 6.61 Å². The summed E-state index contributed by atoms with van der Waals surface area (Å²) in [5.41, 5.74) is 1.66. The molecule has 0 heterocycles. The van der Waals surface area contributed by atoms with Gasteiger partial charge in [0, 0.05) is 11.8 Å². The van der Waals surface area contributed by atoms with Crippen molar-refractivity contribution >= 4 is 25.0 Å². The van der Waals surface area contributed by atoms with E-state index in [0.29, 0.717) is 23.2 Å². The molecule has 214 valence electrons. The van der Waals surface area contributed by atoms with E-state index in [2.05, 4.69) is 103 Å². The minimum Gasteiger partial charge on any atom is -0.413 e. The first-order valence-electron chi connectivity index (χ1n) is 15.2. The quantitative estimate of drug-likeness (QED) is 0.117. The van der Waals surface area contributed by atoms with Gasteiger partial charge in [-0.15, -0.1) is 12.3 Å². The van der Waals surface area contributed by atoms with E-state index in [-0.39, 0.29) is 24.0 Å². The second-order valence-corrected chi connectivity index (χ2v) is 27.1. The molecule has 0 bridgehead atoms. The maximum Gasteiger partial charge on any atom is 0.200 e. The van der Waals surface area contributed by atoms with E-state index >= 15 is 0 Å². The van der Waals surface area contributed by atoms with Crippen LogP contribution in [0.5, 0.6) is 0 Å². The lowest BCUT2D eigenvalue weighted by molar-refractivity contribution is -0.00349. The van der Waals surface area contributed by atoms with Gasteiger partial charge in [0.25, 0.3) is 0 Å². The molecule has 0 saturated heterocycles. The highest BCUT2D eigenvalue weighted by atomic mass is 28.4. The van der Waals surface area contributed by atoms with Crippen LogP contribution in [0, 0.1) is 24.2 Å². The van der Waals surface area contributed by atoms with Gasteiger partial charge in [-0.2, -0.15) is 0 Å². The third-order valence-electron chi connectivity index (χ3n) is 9.72. The summed E-state index contributed by atoms with van der Waals surface area (Å²) in [6.45, 7) is 33.2. The monoisotopic (exact) mass is 556 g/mol. The Bertz CT molecular complexity index is 598. The molecule has 0 aliphatic heterocycles. The molecule has 0 aliphatic carbocycles. The lowest BCUT2D eigenvalue weighted by Crippen LogP contribution is -2.54. The normalized spacial score (nSPS) is 16.9. The van der Waals surface area contributed by atoms with Gasteiger partial charge in [-0.3, -0.25) is 0 Å². The molecule has 0 saturated carbocycles. The Morgan fingerprint density at radius 2 is 0.972 bits per heavy atom. The van der Waals surface area contributed by atoms with Crippen molar-refractivity contribution in [2.24, 2.45) is 11.8 Å². The molecule has 0 rings (SSSR count). The van der Waals surface area contributed by atoms with Crippen LogP contribution in [0.4, 0.5) is 0 Å². The summed E-state index contributed by atoms with van der Waals surface area (Å²) < 4.78 is 21.6. The molecule has 4 atom stereocenters. The fourth-order valence-electron chi connectivity index (χ4n) is 6.60. The summed E-state index contributed by atoms with van der Waals surface area (Å²) in [5, 5.41) is 0. The standard InChI is InChI=1S/C30H64O3Si3/c1-16-27(14)30(33-35(20-5,21-6)22-7)28(15)29(32-34(17-2,18-3)19-4)23-31-36(24(8)9,25(10)11)26(12)13/h1,24-30H,17-23H2,2-15H3/t27-,28-,29+,30+/m1/s1. The highest BCUT2D eigenvalue weighted by Crippen LogP contribution is 2.43. The molecule has 0 aromatic carbocycles. The first-order valence-corrected chi connectivity index (χ1v) is 22.4. The van der Waals surface area contributed by atoms with E-state index in [1.165, 1.54) is 0 Å². The third-order valence-corrected chi connectivity index (χ3v) is 25.1. The largest absolute Gasteiger partial charge is 0.413 e. The number of hydrogen-bond acceptors (Lipinski definition) is 3. The second kappa shape index (κ2) is 16.3. The van der Waals surface area contributed by atoms with Crippen molar-refractivity contribution in [1.82, 2.24) is 0 Å². The zero-order valence-electron chi connectivity index (χ0n) is 26.8. The predicted octanol–water partition coefficient (Wildman–Crippen LogP) is 9.86. The summed E-state index contributed by atoms with van der Waals surface area (Å²) in [5.74, 6) is 3.28. The Morgan fingerprint density at radius 1 is 0.611 bits per heavy atom. The molecular weight excluding hydrogens is 493 g/mol. The average molecular weight is 557 g/mol. The predicted molar refractivity (Wildman–Crippen MR) is 168 cm³/mol. The molecule has 0 aromatic heterocycles. The molecule has 0 N–H and O–H groups in total. The number of rotatable bonds is 19. The van der Waals surface area contributed by atoms with Crippen LogP contribution in [0.3, 0.4) is 0 Å². The Balaban J connectivity index is 6.53. The van der Waals surface area contributed by atoms with Crippen molar-refractivity contribution in [3.8, 4) is 12.3 Å². The molecule has 0 aliphatic rings. The van der Waals surface area contributed by atoms with Gasteiger partial charge in [-0.25, -0.2) is 0 Å². The minimum absolute atomic E-state index is 0.000557. The molecular formula is C30H64O3Si3. The minimum atomic E-state index is -2.02. The van der Waals surface area contributed by atoms with Crippen LogP contribution in [0.1, 0.15) is 96.9 Å². The molecule has 6 heteroatoms. The van der Waals surface area contributed by atoms with Gasteiger partial charge in [-0.05, 0) is 59.8 Å². The topological polar surface area (TPSA) is 27.7 Å². The summed E-state index contributed by atoms with van der Waals surface area (Å²) in [4.78, 5) is 0. The van der Waals surface area contributed by atoms with Gasteiger partial charge in [-0.1, -0.05) is 90.0 Å². The van der Waals surface area contributed by atoms with Crippen LogP contribution in [-0.2, 0) is 13.3 Å². The molecule has 0 unspecified atom stereocenters. The zero-order valence-corrected chi connectivity index (χ0v) is 29.8. The molecule has 0 fully saturated rings. The SMILES string of the molecule is C#C[C@@H](C)[C@H](O[Si](CC)(CC)CC)[C@H](C)[C@H](CO[Si](C(C)C)(C(C)C)C(C)C)O[Si](CC)(CC)CC.